The Morgan fingerprint density at radius 3 is 2.81 bits per heavy atom. The standard InChI is InChI=1S/C25H32N4O3/c1-18(30)29-11-7-19(15-29)12-23-13-21(6-9-26-23)25(32)27-14-24(31)17-28-10-8-20-4-2-3-5-22(20)16-28/h2-6,9,13,19,24,31H,7-8,10-12,14-17H2,1H3,(H,27,32)/t19?,24-/m0/s1. The van der Waals surface area contributed by atoms with E-state index in [1.165, 1.54) is 11.1 Å². The summed E-state index contributed by atoms with van der Waals surface area (Å²) in [4.78, 5) is 32.7. The Labute approximate surface area is 189 Å². The molecular formula is C25H32N4O3. The van der Waals surface area contributed by atoms with Gasteiger partial charge in [-0.2, -0.15) is 0 Å². The van der Waals surface area contributed by atoms with Gasteiger partial charge in [-0.25, -0.2) is 0 Å². The van der Waals surface area contributed by atoms with E-state index in [2.05, 4.69) is 33.4 Å². The Morgan fingerprint density at radius 1 is 1.22 bits per heavy atom. The van der Waals surface area contributed by atoms with Gasteiger partial charge < -0.3 is 15.3 Å². The maximum Gasteiger partial charge on any atom is 0.251 e. The monoisotopic (exact) mass is 436 g/mol. The predicted molar refractivity (Wildman–Crippen MR) is 122 cm³/mol. The first-order chi connectivity index (χ1) is 15.5. The van der Waals surface area contributed by atoms with E-state index in [0.29, 0.717) is 18.0 Å². The fraction of sp³-hybridized carbons (Fsp3) is 0.480. The van der Waals surface area contributed by atoms with E-state index in [0.717, 1.165) is 51.1 Å². The van der Waals surface area contributed by atoms with Crippen molar-refractivity contribution < 1.29 is 14.7 Å². The third-order valence-electron chi connectivity index (χ3n) is 6.48. The number of hydrogen-bond donors (Lipinski definition) is 2. The second-order valence-electron chi connectivity index (χ2n) is 8.98. The lowest BCUT2D eigenvalue weighted by atomic mass is 10.00. The highest BCUT2D eigenvalue weighted by Crippen LogP contribution is 2.21. The molecular weight excluding hydrogens is 404 g/mol. The van der Waals surface area contributed by atoms with Gasteiger partial charge in [0.15, 0.2) is 0 Å². The molecule has 1 unspecified atom stereocenters. The molecule has 0 aliphatic carbocycles. The summed E-state index contributed by atoms with van der Waals surface area (Å²) in [6.45, 7) is 5.63. The average molecular weight is 437 g/mol. The van der Waals surface area contributed by atoms with Crippen LogP contribution in [0.5, 0.6) is 0 Å². The van der Waals surface area contributed by atoms with Gasteiger partial charge in [-0.05, 0) is 48.4 Å². The lowest BCUT2D eigenvalue weighted by Crippen LogP contribution is -2.42. The molecule has 0 radical (unpaired) electrons. The number of likely N-dealkylation sites (tertiary alicyclic amines) is 1. The number of aliphatic hydroxyl groups is 1. The molecule has 0 bridgehead atoms. The number of pyridine rings is 1. The molecule has 2 amide bonds. The summed E-state index contributed by atoms with van der Waals surface area (Å²) in [7, 11) is 0. The summed E-state index contributed by atoms with van der Waals surface area (Å²) in [5, 5.41) is 13.3. The number of fused-ring (bicyclic) bond motifs is 1. The molecule has 1 aromatic carbocycles. The van der Waals surface area contributed by atoms with Crippen LogP contribution >= 0.6 is 0 Å². The van der Waals surface area contributed by atoms with Gasteiger partial charge in [0.05, 0.1) is 6.10 Å². The van der Waals surface area contributed by atoms with Gasteiger partial charge in [-0.1, -0.05) is 24.3 Å². The number of hydrogen-bond acceptors (Lipinski definition) is 5. The zero-order valence-corrected chi connectivity index (χ0v) is 18.7. The molecule has 170 valence electrons. The van der Waals surface area contributed by atoms with Crippen LogP contribution in [-0.4, -0.2) is 70.5 Å². The fourth-order valence-electron chi connectivity index (χ4n) is 4.70. The summed E-state index contributed by atoms with van der Waals surface area (Å²) in [5.41, 5.74) is 4.11. The second-order valence-corrected chi connectivity index (χ2v) is 8.98. The summed E-state index contributed by atoms with van der Waals surface area (Å²) in [6, 6.07) is 11.9. The van der Waals surface area contributed by atoms with Crippen molar-refractivity contribution in [3.05, 3.63) is 65.0 Å². The number of aliphatic hydroxyl groups excluding tert-OH is 1. The largest absolute Gasteiger partial charge is 0.390 e. The molecule has 7 nitrogen and oxygen atoms in total. The lowest BCUT2D eigenvalue weighted by Gasteiger charge is -2.30. The van der Waals surface area contributed by atoms with Crippen molar-refractivity contribution >= 4 is 11.8 Å². The molecule has 4 rings (SSSR count). The van der Waals surface area contributed by atoms with Crippen molar-refractivity contribution in [1.82, 2.24) is 20.1 Å². The number of aromatic nitrogens is 1. The van der Waals surface area contributed by atoms with Crippen molar-refractivity contribution in [3.8, 4) is 0 Å². The van der Waals surface area contributed by atoms with E-state index >= 15 is 0 Å². The number of β-amino-alcohol motifs (C(OH)–C–C–N with tert-alkyl or cyclic N) is 1. The van der Waals surface area contributed by atoms with Crippen LogP contribution in [0.2, 0.25) is 0 Å². The van der Waals surface area contributed by atoms with E-state index in [4.69, 9.17) is 0 Å². The second kappa shape index (κ2) is 10.2. The van der Waals surface area contributed by atoms with Crippen molar-refractivity contribution in [3.63, 3.8) is 0 Å². The van der Waals surface area contributed by atoms with E-state index in [1.54, 1.807) is 19.2 Å². The van der Waals surface area contributed by atoms with E-state index < -0.39 is 6.10 Å². The number of nitrogens with zero attached hydrogens (tertiary/aromatic N) is 3. The minimum atomic E-state index is -0.624. The lowest BCUT2D eigenvalue weighted by molar-refractivity contribution is -0.127. The average Bonchev–Trinajstić information content (AvgIpc) is 3.26. The quantitative estimate of drug-likeness (QED) is 0.689. The molecule has 0 spiro atoms. The molecule has 1 fully saturated rings. The minimum absolute atomic E-state index is 0.112. The number of carbonyl (C=O) groups is 2. The number of rotatable bonds is 7. The van der Waals surface area contributed by atoms with Gasteiger partial charge in [0.1, 0.15) is 0 Å². The van der Waals surface area contributed by atoms with Crippen LogP contribution in [0, 0.1) is 5.92 Å². The first-order valence-electron chi connectivity index (χ1n) is 11.4. The number of benzene rings is 1. The molecule has 1 aromatic heterocycles. The van der Waals surface area contributed by atoms with Crippen LogP contribution in [0.4, 0.5) is 0 Å². The minimum Gasteiger partial charge on any atom is -0.390 e. The van der Waals surface area contributed by atoms with Gasteiger partial charge >= 0.3 is 0 Å². The van der Waals surface area contributed by atoms with Crippen LogP contribution in [0.3, 0.4) is 0 Å². The van der Waals surface area contributed by atoms with Gasteiger partial charge in [-0.15, -0.1) is 0 Å². The summed E-state index contributed by atoms with van der Waals surface area (Å²) in [5.74, 6) is 0.288. The molecule has 32 heavy (non-hydrogen) atoms. The summed E-state index contributed by atoms with van der Waals surface area (Å²) in [6.07, 6.45) is 3.74. The molecule has 7 heteroatoms. The van der Waals surface area contributed by atoms with Crippen molar-refractivity contribution in [2.45, 2.75) is 38.8 Å². The molecule has 2 atom stereocenters. The summed E-state index contributed by atoms with van der Waals surface area (Å²) >= 11 is 0. The Kier molecular flexibility index (Phi) is 7.17. The zero-order chi connectivity index (χ0) is 22.5. The smallest absolute Gasteiger partial charge is 0.251 e. The molecule has 1 saturated heterocycles. The maximum absolute atomic E-state index is 12.6. The predicted octanol–water partition coefficient (Wildman–Crippen LogP) is 1.64. The number of amides is 2. The van der Waals surface area contributed by atoms with Gasteiger partial charge in [0.2, 0.25) is 5.91 Å². The van der Waals surface area contributed by atoms with Crippen LogP contribution in [0.15, 0.2) is 42.6 Å². The van der Waals surface area contributed by atoms with Gasteiger partial charge in [0, 0.05) is 63.6 Å². The van der Waals surface area contributed by atoms with Gasteiger partial charge in [-0.3, -0.25) is 19.5 Å². The fourth-order valence-corrected chi connectivity index (χ4v) is 4.70. The van der Waals surface area contributed by atoms with E-state index in [9.17, 15) is 14.7 Å². The highest BCUT2D eigenvalue weighted by atomic mass is 16.3. The van der Waals surface area contributed by atoms with Crippen LogP contribution in [0.1, 0.15) is 40.5 Å². The normalized spacial score (nSPS) is 19.4. The van der Waals surface area contributed by atoms with Crippen LogP contribution in [-0.2, 0) is 24.2 Å². The number of nitrogens with one attached hydrogen (secondary N) is 1. The van der Waals surface area contributed by atoms with Gasteiger partial charge in [0.25, 0.3) is 5.91 Å². The van der Waals surface area contributed by atoms with E-state index in [-0.39, 0.29) is 18.4 Å². The van der Waals surface area contributed by atoms with Crippen LogP contribution in [0.25, 0.3) is 0 Å². The Hall–Kier alpha value is -2.77. The molecule has 2 aliphatic heterocycles. The topological polar surface area (TPSA) is 85.8 Å². The molecule has 2 aliphatic rings. The number of carbonyl (C=O) groups excluding carboxylic acids is 2. The van der Waals surface area contributed by atoms with Crippen molar-refractivity contribution in [1.29, 1.82) is 0 Å². The van der Waals surface area contributed by atoms with Crippen molar-refractivity contribution in [2.75, 3.05) is 32.7 Å². The Balaban J connectivity index is 1.24. The third-order valence-corrected chi connectivity index (χ3v) is 6.48. The molecule has 2 N–H and O–H groups in total. The maximum atomic E-state index is 12.6. The molecule has 0 saturated carbocycles. The van der Waals surface area contributed by atoms with Crippen molar-refractivity contribution in [2.24, 2.45) is 5.92 Å². The SMILES string of the molecule is CC(=O)N1CCC(Cc2cc(C(=O)NC[C@H](O)CN3CCc4ccccc4C3)ccn2)C1. The van der Waals surface area contributed by atoms with E-state index in [1.807, 2.05) is 17.0 Å². The first-order valence-corrected chi connectivity index (χ1v) is 11.4. The Bertz CT molecular complexity index is 964. The third kappa shape index (κ3) is 5.72. The summed E-state index contributed by atoms with van der Waals surface area (Å²) < 4.78 is 0. The molecule has 3 heterocycles. The highest BCUT2D eigenvalue weighted by molar-refractivity contribution is 5.94. The highest BCUT2D eigenvalue weighted by Gasteiger charge is 2.25. The zero-order valence-electron chi connectivity index (χ0n) is 18.7. The first kappa shape index (κ1) is 22.4. The molecule has 2 aromatic rings. The van der Waals surface area contributed by atoms with Crippen LogP contribution < -0.4 is 5.32 Å². The Morgan fingerprint density at radius 2 is 2.03 bits per heavy atom.